The van der Waals surface area contributed by atoms with Crippen LogP contribution in [0.15, 0.2) is 23.0 Å². The molecule has 1 aromatic rings. The number of ether oxygens (including phenoxy) is 4. The third-order valence-corrected chi connectivity index (χ3v) is 11.7. The van der Waals surface area contributed by atoms with Gasteiger partial charge in [-0.3, -0.25) is 4.79 Å². The second kappa shape index (κ2) is 7.06. The Morgan fingerprint density at radius 3 is 2.57 bits per heavy atom. The van der Waals surface area contributed by atoms with Crippen LogP contribution < -0.4 is 0 Å². The molecule has 0 aromatic carbocycles. The van der Waals surface area contributed by atoms with E-state index in [-0.39, 0.29) is 48.0 Å². The van der Waals surface area contributed by atoms with Crippen molar-refractivity contribution >= 4 is 17.7 Å². The van der Waals surface area contributed by atoms with Gasteiger partial charge in [0.1, 0.15) is 24.1 Å². The average molecular weight is 513 g/mol. The molecule has 5 heterocycles. The maximum atomic E-state index is 13.4. The minimum atomic E-state index is -0.793. The van der Waals surface area contributed by atoms with Crippen molar-refractivity contribution in [1.29, 1.82) is 0 Å². The van der Waals surface area contributed by atoms with Crippen LogP contribution in [0.5, 0.6) is 0 Å². The minimum absolute atomic E-state index is 0.00889. The molecule has 8 nitrogen and oxygen atoms in total. The van der Waals surface area contributed by atoms with Gasteiger partial charge in [0.05, 0.1) is 30.7 Å². The molecule has 4 aliphatic heterocycles. The van der Waals surface area contributed by atoms with E-state index in [1.165, 1.54) is 0 Å². The van der Waals surface area contributed by atoms with Crippen LogP contribution >= 0.6 is 0 Å². The summed E-state index contributed by atoms with van der Waals surface area (Å²) in [5, 5.41) is 0. The van der Waals surface area contributed by atoms with Gasteiger partial charge in [0.2, 0.25) is 0 Å². The molecule has 10 unspecified atom stereocenters. The van der Waals surface area contributed by atoms with Crippen molar-refractivity contribution in [3.8, 4) is 0 Å². The van der Waals surface area contributed by atoms with Crippen LogP contribution in [0.25, 0.3) is 0 Å². The van der Waals surface area contributed by atoms with Gasteiger partial charge in [-0.25, -0.2) is 4.79 Å². The Kier molecular flexibility index (Phi) is 4.56. The number of cyclic esters (lactones) is 2. The zero-order valence-electron chi connectivity index (χ0n) is 22.2. The first kappa shape index (κ1) is 23.9. The maximum absolute atomic E-state index is 13.4. The Labute approximate surface area is 216 Å². The predicted molar refractivity (Wildman–Crippen MR) is 128 cm³/mol. The van der Waals surface area contributed by atoms with Crippen LogP contribution in [-0.2, 0) is 33.3 Å². The molecular weight excluding hydrogens is 476 g/mol. The second-order valence-electron chi connectivity index (χ2n) is 13.5. The topological polar surface area (TPSA) is 105 Å². The Balaban J connectivity index is 1.43. The molecule has 2 aliphatic carbocycles. The number of furan rings is 1. The first-order valence-corrected chi connectivity index (χ1v) is 13.6. The molecule has 6 fully saturated rings. The Morgan fingerprint density at radius 1 is 1.08 bits per heavy atom. The fourth-order valence-corrected chi connectivity index (χ4v) is 10.4. The summed E-state index contributed by atoms with van der Waals surface area (Å²) >= 11 is 0. The molecule has 1 aromatic heterocycles. The van der Waals surface area contributed by atoms with E-state index in [0.717, 1.165) is 24.8 Å². The van der Waals surface area contributed by atoms with E-state index < -0.39 is 39.7 Å². The molecular formula is C29H36O8. The quantitative estimate of drug-likeness (QED) is 0.439. The molecule has 0 N–H and O–H groups in total. The molecule has 0 amide bonds. The maximum Gasteiger partial charge on any atom is 0.339 e. The van der Waals surface area contributed by atoms with Crippen molar-refractivity contribution in [2.24, 2.45) is 34.0 Å². The summed E-state index contributed by atoms with van der Waals surface area (Å²) in [6, 6.07) is 1.86. The zero-order chi connectivity index (χ0) is 26.2. The summed E-state index contributed by atoms with van der Waals surface area (Å²) in [6.45, 7) is 10.6. The smallest absolute Gasteiger partial charge is 0.339 e. The van der Waals surface area contributed by atoms with Gasteiger partial charge < -0.3 is 28.2 Å². The largest absolute Gasteiger partial charge is 0.472 e. The highest BCUT2D eigenvalue weighted by molar-refractivity contribution is 5.83. The first-order valence-electron chi connectivity index (χ1n) is 13.6. The van der Waals surface area contributed by atoms with E-state index in [2.05, 4.69) is 27.7 Å². The van der Waals surface area contributed by atoms with E-state index in [1.54, 1.807) is 19.5 Å². The van der Waals surface area contributed by atoms with Gasteiger partial charge >= 0.3 is 11.9 Å². The van der Waals surface area contributed by atoms with Crippen LogP contribution in [0.4, 0.5) is 0 Å². The molecule has 8 heteroatoms. The molecule has 0 bridgehead atoms. The summed E-state index contributed by atoms with van der Waals surface area (Å²) in [7, 11) is 0. The lowest BCUT2D eigenvalue weighted by molar-refractivity contribution is -0.249. The summed E-state index contributed by atoms with van der Waals surface area (Å²) < 4.78 is 30.6. The van der Waals surface area contributed by atoms with E-state index in [9.17, 15) is 14.4 Å². The van der Waals surface area contributed by atoms with Gasteiger partial charge in [-0.15, -0.1) is 0 Å². The normalized spacial score (nSPS) is 50.9. The number of hydrogen-bond donors (Lipinski definition) is 0. The standard InChI is InChI=1S/C29H36O8/c1-15(30)10-17-11-19-25(2,3)36-20-12-21(31)34-14-28(19,20)18-6-8-26(4)22(16-7-9-33-13-16)35-24(32)23-29(26,37-23)27(17,18)5/h7,9,13,17-20,22-23H,6,8,10-12,14H2,1-5H3. The Bertz CT molecular complexity index is 1190. The lowest BCUT2D eigenvalue weighted by atomic mass is 9.34. The molecule has 2 saturated carbocycles. The number of esters is 2. The molecule has 4 saturated heterocycles. The van der Waals surface area contributed by atoms with Gasteiger partial charge in [-0.05, 0) is 63.9 Å². The Morgan fingerprint density at radius 2 is 1.86 bits per heavy atom. The van der Waals surface area contributed by atoms with E-state index >= 15 is 0 Å². The van der Waals surface area contributed by atoms with Crippen molar-refractivity contribution in [3.63, 3.8) is 0 Å². The van der Waals surface area contributed by atoms with E-state index in [1.807, 2.05) is 6.07 Å². The van der Waals surface area contributed by atoms with Crippen LogP contribution in [0.2, 0.25) is 0 Å². The number of Topliss-reactive ketones (excluding diaryl/α,β-unsaturated/α-hetero) is 1. The fourth-order valence-electron chi connectivity index (χ4n) is 10.4. The predicted octanol–water partition coefficient (Wildman–Crippen LogP) is 4.16. The van der Waals surface area contributed by atoms with Crippen molar-refractivity contribution < 1.29 is 37.7 Å². The lowest BCUT2D eigenvalue weighted by Crippen LogP contribution is -2.72. The first-order chi connectivity index (χ1) is 17.4. The minimum Gasteiger partial charge on any atom is -0.472 e. The molecule has 7 rings (SSSR count). The molecule has 0 radical (unpaired) electrons. The highest BCUT2D eigenvalue weighted by Crippen LogP contribution is 2.81. The molecule has 2 spiro atoms. The van der Waals surface area contributed by atoms with Gasteiger partial charge in [-0.2, -0.15) is 0 Å². The molecule has 200 valence electrons. The van der Waals surface area contributed by atoms with Gasteiger partial charge in [0.15, 0.2) is 6.10 Å². The number of fused-ring (bicyclic) bond motifs is 1. The van der Waals surface area contributed by atoms with Crippen LogP contribution in [0, 0.1) is 34.0 Å². The molecule has 37 heavy (non-hydrogen) atoms. The summed E-state index contributed by atoms with van der Waals surface area (Å²) in [5.41, 5.74) is -1.84. The highest BCUT2D eigenvalue weighted by atomic mass is 16.7. The third kappa shape index (κ3) is 2.60. The average Bonchev–Trinajstić information content (AvgIpc) is 3.30. The van der Waals surface area contributed by atoms with Crippen molar-refractivity contribution in [1.82, 2.24) is 0 Å². The second-order valence-corrected chi connectivity index (χ2v) is 13.5. The molecule has 10 atom stereocenters. The number of carbonyl (C=O) groups excluding carboxylic acids is 3. The van der Waals surface area contributed by atoms with Crippen LogP contribution in [0.1, 0.15) is 78.4 Å². The van der Waals surface area contributed by atoms with E-state index in [4.69, 9.17) is 23.4 Å². The monoisotopic (exact) mass is 512 g/mol. The van der Waals surface area contributed by atoms with Gasteiger partial charge in [0.25, 0.3) is 0 Å². The summed E-state index contributed by atoms with van der Waals surface area (Å²) in [5.74, 6) is -0.266. The van der Waals surface area contributed by atoms with Gasteiger partial charge in [0, 0.05) is 28.2 Å². The van der Waals surface area contributed by atoms with Gasteiger partial charge in [-0.1, -0.05) is 13.8 Å². The Hall–Kier alpha value is -2.19. The number of hydrogen-bond acceptors (Lipinski definition) is 8. The summed E-state index contributed by atoms with van der Waals surface area (Å²) in [4.78, 5) is 38.6. The summed E-state index contributed by atoms with van der Waals surface area (Å²) in [6.07, 6.45) is 4.86. The van der Waals surface area contributed by atoms with Crippen molar-refractivity contribution in [3.05, 3.63) is 24.2 Å². The number of epoxide rings is 1. The van der Waals surface area contributed by atoms with Crippen molar-refractivity contribution in [2.75, 3.05) is 6.61 Å². The lowest BCUT2D eigenvalue weighted by Gasteiger charge is -2.68. The zero-order valence-corrected chi connectivity index (χ0v) is 22.2. The number of ketones is 1. The highest BCUT2D eigenvalue weighted by Gasteiger charge is 2.89. The molecule has 6 aliphatic rings. The fraction of sp³-hybridized carbons (Fsp3) is 0.759. The number of carbonyl (C=O) groups is 3. The SMILES string of the molecule is CC(=O)CC1CC2C(C)(C)OC3CC(=O)OCC32C2CCC3(C)C(c4ccoc4)OC(=O)C4OC43C12C. The van der Waals surface area contributed by atoms with Crippen molar-refractivity contribution in [2.45, 2.75) is 96.2 Å². The van der Waals surface area contributed by atoms with E-state index in [0.29, 0.717) is 13.0 Å². The van der Waals surface area contributed by atoms with Crippen LogP contribution in [0.3, 0.4) is 0 Å². The van der Waals surface area contributed by atoms with Crippen LogP contribution in [-0.4, -0.2) is 47.7 Å². The number of rotatable bonds is 3. The third-order valence-electron chi connectivity index (χ3n) is 11.7.